The summed E-state index contributed by atoms with van der Waals surface area (Å²) in [6.07, 6.45) is 0. The summed E-state index contributed by atoms with van der Waals surface area (Å²) in [7, 11) is 0. The minimum atomic E-state index is -0.532. The maximum atomic E-state index is 11.9. The largest absolute Gasteiger partial charge is 0.504 e. The number of rotatable bonds is 2. The van der Waals surface area contributed by atoms with Gasteiger partial charge in [0.15, 0.2) is 11.5 Å². The highest BCUT2D eigenvalue weighted by atomic mass is 32.1. The number of aliphatic hydroxyl groups excluding tert-OH is 1. The van der Waals surface area contributed by atoms with Crippen molar-refractivity contribution in [2.24, 2.45) is 0 Å². The molecule has 2 heterocycles. The smallest absolute Gasteiger partial charge is 0.248 e. The number of phenolic OH excluding ortho intramolecular Hbond substituents is 1. The number of ether oxygens (including phenoxy) is 1. The van der Waals surface area contributed by atoms with Crippen molar-refractivity contribution in [3.8, 4) is 22.6 Å². The molecule has 4 rings (SSSR count). The first-order chi connectivity index (χ1) is 12.2. The Morgan fingerprint density at radius 3 is 2.96 bits per heavy atom. The molecule has 5 nitrogen and oxygen atoms in total. The van der Waals surface area contributed by atoms with Crippen LogP contribution in [0.25, 0.3) is 21.2 Å². The maximum Gasteiger partial charge on any atom is 0.248 e. The molecule has 1 aliphatic rings. The number of hydrogen-bond donors (Lipinski definition) is 2. The molecule has 25 heavy (non-hydrogen) atoms. The van der Waals surface area contributed by atoms with E-state index in [4.69, 9.17) is 9.84 Å². The first-order valence-corrected chi connectivity index (χ1v) is 8.89. The summed E-state index contributed by atoms with van der Waals surface area (Å²) in [5.41, 5.74) is 2.67. The SMILES string of the molecule is O=C(CO)N1CCOc2c(O)cc(-c3csc4ccccc34)cc2C1. The summed E-state index contributed by atoms with van der Waals surface area (Å²) in [6.45, 7) is 0.436. The van der Waals surface area contributed by atoms with E-state index in [1.807, 2.05) is 18.2 Å². The highest BCUT2D eigenvalue weighted by Crippen LogP contribution is 2.41. The number of hydrogen-bond acceptors (Lipinski definition) is 5. The minimum absolute atomic E-state index is 0.0704. The van der Waals surface area contributed by atoms with Gasteiger partial charge in [0, 0.05) is 27.8 Å². The van der Waals surface area contributed by atoms with Crippen LogP contribution in [0.4, 0.5) is 0 Å². The molecule has 0 radical (unpaired) electrons. The van der Waals surface area contributed by atoms with Gasteiger partial charge in [-0.15, -0.1) is 11.3 Å². The second-order valence-corrected chi connectivity index (χ2v) is 6.86. The lowest BCUT2D eigenvalue weighted by atomic mass is 10.0. The lowest BCUT2D eigenvalue weighted by molar-refractivity contribution is -0.134. The number of carbonyl (C=O) groups is 1. The van der Waals surface area contributed by atoms with Crippen molar-refractivity contribution < 1.29 is 19.7 Å². The molecule has 2 N–H and O–H groups in total. The summed E-state index contributed by atoms with van der Waals surface area (Å²) in [5.74, 6) is 0.139. The van der Waals surface area contributed by atoms with Gasteiger partial charge in [-0.25, -0.2) is 0 Å². The van der Waals surface area contributed by atoms with Crippen LogP contribution < -0.4 is 4.74 Å². The normalized spacial score (nSPS) is 14.0. The van der Waals surface area contributed by atoms with Crippen molar-refractivity contribution in [3.05, 3.63) is 47.3 Å². The van der Waals surface area contributed by atoms with Crippen molar-refractivity contribution >= 4 is 27.3 Å². The fraction of sp³-hybridized carbons (Fsp3) is 0.211. The third-order valence-electron chi connectivity index (χ3n) is 4.39. The second kappa shape index (κ2) is 6.38. The lowest BCUT2D eigenvalue weighted by Gasteiger charge is -2.18. The van der Waals surface area contributed by atoms with Crippen LogP contribution in [0, 0.1) is 0 Å². The van der Waals surface area contributed by atoms with E-state index in [-0.39, 0.29) is 18.3 Å². The Morgan fingerprint density at radius 1 is 1.28 bits per heavy atom. The van der Waals surface area contributed by atoms with Crippen LogP contribution in [0.1, 0.15) is 5.56 Å². The average Bonchev–Trinajstić information content (AvgIpc) is 2.93. The first kappa shape index (κ1) is 15.9. The molecule has 128 valence electrons. The Labute approximate surface area is 148 Å². The molecule has 0 aliphatic carbocycles. The standard InChI is InChI=1S/C19H17NO4S/c21-10-18(23)20-5-6-24-19-13(9-20)7-12(8-16(19)22)15-11-25-17-4-2-1-3-14(15)17/h1-4,7-8,11,21-22H,5-6,9-10H2. The predicted octanol–water partition coefficient (Wildman–Crippen LogP) is 2.99. The van der Waals surface area contributed by atoms with E-state index in [9.17, 15) is 9.90 Å². The van der Waals surface area contributed by atoms with E-state index in [0.29, 0.717) is 18.8 Å². The van der Waals surface area contributed by atoms with Crippen molar-refractivity contribution in [1.29, 1.82) is 0 Å². The van der Waals surface area contributed by atoms with Crippen LogP contribution in [0.2, 0.25) is 0 Å². The van der Waals surface area contributed by atoms with E-state index >= 15 is 0 Å². The van der Waals surface area contributed by atoms with E-state index < -0.39 is 6.61 Å². The maximum absolute atomic E-state index is 11.9. The van der Waals surface area contributed by atoms with Crippen LogP contribution in [0.5, 0.6) is 11.5 Å². The summed E-state index contributed by atoms with van der Waals surface area (Å²) < 4.78 is 6.82. The summed E-state index contributed by atoms with van der Waals surface area (Å²) in [4.78, 5) is 13.4. The summed E-state index contributed by atoms with van der Waals surface area (Å²) in [5, 5.41) is 22.8. The van der Waals surface area contributed by atoms with Gasteiger partial charge in [0.05, 0.1) is 6.54 Å². The fourth-order valence-electron chi connectivity index (χ4n) is 3.17. The molecule has 0 spiro atoms. The molecule has 0 unspecified atom stereocenters. The Morgan fingerprint density at radius 2 is 2.12 bits per heavy atom. The van der Waals surface area contributed by atoms with Gasteiger partial charge in [-0.3, -0.25) is 4.79 Å². The topological polar surface area (TPSA) is 70.0 Å². The third kappa shape index (κ3) is 2.83. The predicted molar refractivity (Wildman–Crippen MR) is 96.9 cm³/mol. The molecule has 3 aromatic rings. The van der Waals surface area contributed by atoms with E-state index in [1.54, 1.807) is 22.3 Å². The zero-order chi connectivity index (χ0) is 17.4. The van der Waals surface area contributed by atoms with Gasteiger partial charge < -0.3 is 19.8 Å². The molecular weight excluding hydrogens is 338 g/mol. The van der Waals surface area contributed by atoms with E-state index in [2.05, 4.69) is 17.5 Å². The van der Waals surface area contributed by atoms with Gasteiger partial charge >= 0.3 is 0 Å². The van der Waals surface area contributed by atoms with Crippen LogP contribution in [-0.2, 0) is 11.3 Å². The zero-order valence-corrected chi connectivity index (χ0v) is 14.3. The number of aromatic hydroxyl groups is 1. The molecular formula is C19H17NO4S. The van der Waals surface area contributed by atoms with Crippen molar-refractivity contribution in [2.75, 3.05) is 19.8 Å². The quantitative estimate of drug-likeness (QED) is 0.741. The van der Waals surface area contributed by atoms with Crippen molar-refractivity contribution in [2.45, 2.75) is 6.54 Å². The Kier molecular flexibility index (Phi) is 4.07. The number of amides is 1. The Bertz CT molecular complexity index is 950. The molecule has 0 fully saturated rings. The van der Waals surface area contributed by atoms with Gasteiger partial charge in [-0.05, 0) is 29.1 Å². The summed E-state index contributed by atoms with van der Waals surface area (Å²) in [6, 6.07) is 11.8. The Balaban J connectivity index is 1.80. The van der Waals surface area contributed by atoms with Crippen molar-refractivity contribution in [1.82, 2.24) is 4.90 Å². The number of phenols is 1. The molecule has 6 heteroatoms. The minimum Gasteiger partial charge on any atom is -0.504 e. The number of benzene rings is 2. The van der Waals surface area contributed by atoms with Crippen LogP contribution in [0.15, 0.2) is 41.8 Å². The first-order valence-electron chi connectivity index (χ1n) is 8.01. The van der Waals surface area contributed by atoms with Gasteiger partial charge in [0.25, 0.3) is 0 Å². The molecule has 1 aliphatic heterocycles. The van der Waals surface area contributed by atoms with E-state index in [0.717, 1.165) is 22.1 Å². The van der Waals surface area contributed by atoms with E-state index in [1.165, 1.54) is 4.70 Å². The summed E-state index contributed by atoms with van der Waals surface area (Å²) >= 11 is 1.65. The van der Waals surface area contributed by atoms with Crippen LogP contribution >= 0.6 is 11.3 Å². The molecule has 1 aromatic heterocycles. The van der Waals surface area contributed by atoms with Gasteiger partial charge in [0.1, 0.15) is 13.2 Å². The number of aliphatic hydroxyl groups is 1. The molecule has 2 aromatic carbocycles. The number of nitrogens with zero attached hydrogens (tertiary/aromatic N) is 1. The molecule has 0 atom stereocenters. The molecule has 0 saturated heterocycles. The highest BCUT2D eigenvalue weighted by Gasteiger charge is 2.22. The second-order valence-electron chi connectivity index (χ2n) is 5.95. The average molecular weight is 355 g/mol. The lowest BCUT2D eigenvalue weighted by Crippen LogP contribution is -2.34. The number of thiophene rings is 1. The zero-order valence-electron chi connectivity index (χ0n) is 13.4. The van der Waals surface area contributed by atoms with Gasteiger partial charge in [-0.1, -0.05) is 18.2 Å². The van der Waals surface area contributed by atoms with Gasteiger partial charge in [0.2, 0.25) is 5.91 Å². The fourth-order valence-corrected chi connectivity index (χ4v) is 4.14. The molecule has 0 bridgehead atoms. The van der Waals surface area contributed by atoms with Crippen LogP contribution in [-0.4, -0.2) is 40.8 Å². The van der Waals surface area contributed by atoms with Crippen molar-refractivity contribution in [3.63, 3.8) is 0 Å². The molecule has 1 amide bonds. The monoisotopic (exact) mass is 355 g/mol. The Hall–Kier alpha value is -2.57. The van der Waals surface area contributed by atoms with Gasteiger partial charge in [-0.2, -0.15) is 0 Å². The third-order valence-corrected chi connectivity index (χ3v) is 5.36. The molecule has 0 saturated carbocycles. The highest BCUT2D eigenvalue weighted by molar-refractivity contribution is 7.17. The number of carbonyl (C=O) groups excluding carboxylic acids is 1. The van der Waals surface area contributed by atoms with Crippen LogP contribution in [0.3, 0.4) is 0 Å². The number of fused-ring (bicyclic) bond motifs is 2.